The second-order valence-corrected chi connectivity index (χ2v) is 6.64. The molecule has 1 unspecified atom stereocenters. The lowest BCUT2D eigenvalue weighted by atomic mass is 10.0. The van der Waals surface area contributed by atoms with Gasteiger partial charge in [0.15, 0.2) is 0 Å². The number of nitrogens with zero attached hydrogens (tertiary/aromatic N) is 1. The number of carbonyl (C=O) groups is 2. The summed E-state index contributed by atoms with van der Waals surface area (Å²) in [4.78, 5) is 27.9. The van der Waals surface area contributed by atoms with Crippen LogP contribution in [0.2, 0.25) is 0 Å². The van der Waals surface area contributed by atoms with E-state index in [0.29, 0.717) is 11.3 Å². The number of aryl methyl sites for hydroxylation is 1. The first-order valence-corrected chi connectivity index (χ1v) is 9.03. The van der Waals surface area contributed by atoms with Crippen molar-refractivity contribution in [1.82, 2.24) is 10.3 Å². The Morgan fingerprint density at radius 2 is 1.77 bits per heavy atom. The molecule has 1 atom stereocenters. The van der Waals surface area contributed by atoms with Gasteiger partial charge in [-0.15, -0.1) is 0 Å². The van der Waals surface area contributed by atoms with Gasteiger partial charge in [-0.2, -0.15) is 13.2 Å². The molecule has 2 amide bonds. The van der Waals surface area contributed by atoms with Crippen LogP contribution in [0.4, 0.5) is 23.7 Å². The van der Waals surface area contributed by atoms with Gasteiger partial charge >= 0.3 is 12.3 Å². The molecule has 1 aromatic heterocycles. The molecule has 3 rings (SSSR count). The van der Waals surface area contributed by atoms with E-state index in [2.05, 4.69) is 15.6 Å². The number of rotatable bonds is 6. The number of hydrogen-bond donors (Lipinski definition) is 3. The summed E-state index contributed by atoms with van der Waals surface area (Å²) in [5.74, 6) is -0.582. The summed E-state index contributed by atoms with van der Waals surface area (Å²) in [5.41, 5.74) is 0.941. The second-order valence-electron chi connectivity index (χ2n) is 6.64. The molecule has 0 saturated carbocycles. The number of carbonyl (C=O) groups excluding carboxylic acids is 1. The minimum absolute atomic E-state index is 0.0739. The smallest absolute Gasteiger partial charge is 0.416 e. The molecule has 156 valence electrons. The molecule has 0 aliphatic carbocycles. The number of nitrogens with one attached hydrogen (secondary N) is 2. The van der Waals surface area contributed by atoms with Gasteiger partial charge in [-0.25, -0.2) is 4.79 Å². The van der Waals surface area contributed by atoms with Gasteiger partial charge in [-0.1, -0.05) is 30.3 Å². The highest BCUT2D eigenvalue weighted by atomic mass is 19.4. The molecule has 6 nitrogen and oxygen atoms in total. The number of fused-ring (bicyclic) bond motifs is 1. The van der Waals surface area contributed by atoms with Crippen LogP contribution in [0.15, 0.2) is 60.8 Å². The highest BCUT2D eigenvalue weighted by Gasteiger charge is 2.30. The number of benzene rings is 2. The molecule has 9 heteroatoms. The van der Waals surface area contributed by atoms with Crippen molar-refractivity contribution >= 4 is 28.6 Å². The van der Waals surface area contributed by atoms with Gasteiger partial charge in [0, 0.05) is 5.39 Å². The van der Waals surface area contributed by atoms with Crippen LogP contribution in [0, 0.1) is 0 Å². The number of para-hydroxylation sites is 1. The third-order valence-electron chi connectivity index (χ3n) is 4.48. The summed E-state index contributed by atoms with van der Waals surface area (Å²) in [5, 5.41) is 14.6. The molecule has 0 radical (unpaired) electrons. The van der Waals surface area contributed by atoms with Crippen LogP contribution in [-0.4, -0.2) is 28.1 Å². The summed E-state index contributed by atoms with van der Waals surface area (Å²) >= 11 is 0. The van der Waals surface area contributed by atoms with Crippen LogP contribution in [0.5, 0.6) is 0 Å². The van der Waals surface area contributed by atoms with E-state index in [0.717, 1.165) is 23.0 Å². The van der Waals surface area contributed by atoms with E-state index in [9.17, 15) is 22.8 Å². The van der Waals surface area contributed by atoms with Crippen LogP contribution < -0.4 is 10.6 Å². The van der Waals surface area contributed by atoms with Crippen LogP contribution in [0.25, 0.3) is 10.9 Å². The highest BCUT2D eigenvalue weighted by Crippen LogP contribution is 2.29. The van der Waals surface area contributed by atoms with Crippen molar-refractivity contribution in [1.29, 1.82) is 0 Å². The molecule has 0 aliphatic heterocycles. The quantitative estimate of drug-likeness (QED) is 0.552. The van der Waals surface area contributed by atoms with Crippen molar-refractivity contribution in [3.63, 3.8) is 0 Å². The maximum Gasteiger partial charge on any atom is 0.416 e. The summed E-state index contributed by atoms with van der Waals surface area (Å²) in [6.45, 7) is 0. The van der Waals surface area contributed by atoms with Crippen LogP contribution in [0.1, 0.15) is 17.5 Å². The minimum Gasteiger partial charge on any atom is -0.465 e. The van der Waals surface area contributed by atoms with E-state index in [1.54, 1.807) is 6.07 Å². The van der Waals surface area contributed by atoms with Crippen LogP contribution in [0.3, 0.4) is 0 Å². The van der Waals surface area contributed by atoms with Gasteiger partial charge in [0.2, 0.25) is 5.91 Å². The first-order chi connectivity index (χ1) is 14.2. The number of anilines is 1. The lowest BCUT2D eigenvalue weighted by Gasteiger charge is -2.17. The molecule has 0 bridgehead atoms. The Morgan fingerprint density at radius 3 is 2.43 bits per heavy atom. The van der Waals surface area contributed by atoms with Crippen LogP contribution in [-0.2, 0) is 17.4 Å². The number of pyridine rings is 1. The molecule has 0 saturated heterocycles. The van der Waals surface area contributed by atoms with E-state index in [1.807, 2.05) is 24.3 Å². The predicted octanol–water partition coefficient (Wildman–Crippen LogP) is 4.46. The maximum atomic E-state index is 12.7. The Labute approximate surface area is 169 Å². The third kappa shape index (κ3) is 5.47. The van der Waals surface area contributed by atoms with Gasteiger partial charge in [0.05, 0.1) is 23.0 Å². The first-order valence-electron chi connectivity index (χ1n) is 9.03. The zero-order chi connectivity index (χ0) is 21.7. The zero-order valence-corrected chi connectivity index (χ0v) is 15.6. The van der Waals surface area contributed by atoms with E-state index >= 15 is 0 Å². The zero-order valence-electron chi connectivity index (χ0n) is 15.6. The molecule has 2 aromatic carbocycles. The lowest BCUT2D eigenvalue weighted by Crippen LogP contribution is -2.43. The summed E-state index contributed by atoms with van der Waals surface area (Å²) in [6.07, 6.45) is -4.05. The number of amides is 2. The van der Waals surface area contributed by atoms with Crippen molar-refractivity contribution in [2.24, 2.45) is 0 Å². The Morgan fingerprint density at radius 1 is 1.07 bits per heavy atom. The van der Waals surface area contributed by atoms with Crippen LogP contribution >= 0.6 is 0 Å². The van der Waals surface area contributed by atoms with Crippen molar-refractivity contribution in [3.05, 3.63) is 71.9 Å². The summed E-state index contributed by atoms with van der Waals surface area (Å²) < 4.78 is 38.0. The Hall–Kier alpha value is -3.62. The minimum atomic E-state index is -4.43. The van der Waals surface area contributed by atoms with Gasteiger partial charge in [-0.05, 0) is 42.7 Å². The number of hydrogen-bond acceptors (Lipinski definition) is 3. The predicted molar refractivity (Wildman–Crippen MR) is 105 cm³/mol. The largest absolute Gasteiger partial charge is 0.465 e. The van der Waals surface area contributed by atoms with Gasteiger partial charge in [-0.3, -0.25) is 9.78 Å². The molecular formula is C21H18F3N3O3. The average Bonchev–Trinajstić information content (AvgIpc) is 2.70. The monoisotopic (exact) mass is 417 g/mol. The fourth-order valence-corrected chi connectivity index (χ4v) is 2.96. The molecule has 3 N–H and O–H groups in total. The number of alkyl halides is 3. The van der Waals surface area contributed by atoms with Gasteiger partial charge in [0.25, 0.3) is 0 Å². The topological polar surface area (TPSA) is 91.3 Å². The molecule has 1 heterocycles. The highest BCUT2D eigenvalue weighted by molar-refractivity contribution is 5.97. The maximum absolute atomic E-state index is 12.7. The average molecular weight is 417 g/mol. The van der Waals surface area contributed by atoms with E-state index in [-0.39, 0.29) is 12.8 Å². The molecule has 0 spiro atoms. The van der Waals surface area contributed by atoms with E-state index in [1.165, 1.54) is 18.3 Å². The van der Waals surface area contributed by atoms with Crippen molar-refractivity contribution < 1.29 is 27.9 Å². The number of carboxylic acid groups (broad SMARTS) is 1. The Balaban J connectivity index is 1.68. The Kier molecular flexibility index (Phi) is 6.20. The lowest BCUT2D eigenvalue weighted by molar-refractivity contribution is -0.137. The molecule has 0 aliphatic rings. The van der Waals surface area contributed by atoms with Crippen molar-refractivity contribution in [2.75, 3.05) is 5.32 Å². The molecular weight excluding hydrogens is 399 g/mol. The number of halogens is 3. The van der Waals surface area contributed by atoms with E-state index < -0.39 is 29.8 Å². The van der Waals surface area contributed by atoms with Gasteiger partial charge < -0.3 is 15.7 Å². The van der Waals surface area contributed by atoms with E-state index in [4.69, 9.17) is 5.11 Å². The van der Waals surface area contributed by atoms with Crippen molar-refractivity contribution in [3.8, 4) is 0 Å². The SMILES string of the molecule is O=C(O)NC(CCc1ccc(C(F)(F)F)cc1)C(=O)Nc1cnc2ccccc2c1. The standard InChI is InChI=1S/C21H18F3N3O3/c22-21(23,24)15-8-5-13(6-9-15)7-10-18(27-20(29)30)19(28)26-16-11-14-3-1-2-4-17(14)25-12-16/h1-6,8-9,11-12,18,27H,7,10H2,(H,26,28)(H,29,30). The molecule has 0 fully saturated rings. The first kappa shape index (κ1) is 21.1. The second kappa shape index (κ2) is 8.81. The fourth-order valence-electron chi connectivity index (χ4n) is 2.96. The number of aromatic nitrogens is 1. The van der Waals surface area contributed by atoms with Crippen molar-refractivity contribution in [2.45, 2.75) is 25.1 Å². The molecule has 3 aromatic rings. The normalized spacial score (nSPS) is 12.4. The summed E-state index contributed by atoms with van der Waals surface area (Å²) in [6, 6.07) is 12.5. The summed E-state index contributed by atoms with van der Waals surface area (Å²) in [7, 11) is 0. The molecule has 30 heavy (non-hydrogen) atoms. The third-order valence-corrected chi connectivity index (χ3v) is 4.48. The Bertz CT molecular complexity index is 1050. The fraction of sp³-hybridized carbons (Fsp3) is 0.190. The van der Waals surface area contributed by atoms with Gasteiger partial charge in [0.1, 0.15) is 6.04 Å².